The maximum absolute atomic E-state index is 13.2. The van der Waals surface area contributed by atoms with E-state index in [0.29, 0.717) is 18.1 Å². The molecular weight excluding hydrogens is 433 g/mol. The Labute approximate surface area is 181 Å². The number of alkyl halides is 3. The number of anilines is 1. The Morgan fingerprint density at radius 1 is 1.29 bits per heavy atom. The van der Waals surface area contributed by atoms with Gasteiger partial charge in [-0.15, -0.1) is 0 Å². The normalized spacial score (nSPS) is 17.0. The Hall–Kier alpha value is -3.01. The van der Waals surface area contributed by atoms with Crippen molar-refractivity contribution < 1.29 is 18.0 Å². The zero-order valence-electron chi connectivity index (χ0n) is 17.0. The average Bonchev–Trinajstić information content (AvgIpc) is 2.66. The quantitative estimate of drug-likeness (QED) is 0.611. The van der Waals surface area contributed by atoms with Crippen molar-refractivity contribution in [2.75, 3.05) is 11.9 Å². The van der Waals surface area contributed by atoms with Crippen LogP contribution in [0.4, 0.5) is 19.1 Å². The molecule has 1 atom stereocenters. The highest BCUT2D eigenvalue weighted by Crippen LogP contribution is 2.37. The molecule has 0 fully saturated rings. The van der Waals surface area contributed by atoms with Crippen LogP contribution in [0, 0.1) is 19.4 Å². The highest BCUT2D eigenvalue weighted by Gasteiger charge is 2.37. The van der Waals surface area contributed by atoms with Gasteiger partial charge in [0.15, 0.2) is 0 Å². The van der Waals surface area contributed by atoms with Crippen molar-refractivity contribution >= 4 is 23.5 Å². The third-order valence-electron chi connectivity index (χ3n) is 4.94. The van der Waals surface area contributed by atoms with Gasteiger partial charge < -0.3 is 10.2 Å². The zero-order valence-corrected chi connectivity index (χ0v) is 17.8. The molecular formula is C20H20ClF3N6O. The molecule has 0 aliphatic carbocycles. The van der Waals surface area contributed by atoms with Crippen LogP contribution < -0.4 is 5.32 Å². The van der Waals surface area contributed by atoms with Crippen molar-refractivity contribution in [3.63, 3.8) is 0 Å². The van der Waals surface area contributed by atoms with Gasteiger partial charge in [0.25, 0.3) is 5.91 Å². The molecule has 11 heteroatoms. The summed E-state index contributed by atoms with van der Waals surface area (Å²) in [5.74, 6) is -0.312. The molecule has 1 aromatic heterocycles. The highest BCUT2D eigenvalue weighted by atomic mass is 35.5. The summed E-state index contributed by atoms with van der Waals surface area (Å²) in [7, 11) is 0. The van der Waals surface area contributed by atoms with Crippen LogP contribution >= 0.6 is 11.6 Å². The number of benzene rings is 1. The largest absolute Gasteiger partial charge is 0.417 e. The standard InChI is InChI=1S/C20H20ClF3N6O/c1-10-9-11(2)27-19(26-10)28-15-7-8-30(12(3)17(15)29-25)18(31)13-5-4-6-14(16(13)21)20(22,23)24/h4-6,9,12,25H,7-8H2,1-3H3,(H,26,27,28)/t12-/m0/s1. The van der Waals surface area contributed by atoms with Gasteiger partial charge in [-0.05, 0) is 39.0 Å². The number of nitrogens with one attached hydrogen (secondary N) is 2. The van der Waals surface area contributed by atoms with Crippen LogP contribution in [0.25, 0.3) is 0 Å². The predicted octanol–water partition coefficient (Wildman–Crippen LogP) is 5.35. The number of carbonyl (C=O) groups is 1. The molecule has 3 rings (SSSR count). The lowest BCUT2D eigenvalue weighted by Gasteiger charge is -2.35. The summed E-state index contributed by atoms with van der Waals surface area (Å²) in [6.45, 7) is 5.49. The molecule has 1 aliphatic heterocycles. The minimum Gasteiger partial charge on any atom is -0.330 e. The number of carbonyl (C=O) groups excluding carboxylic acids is 1. The van der Waals surface area contributed by atoms with Crippen LogP contribution in [-0.2, 0) is 6.18 Å². The van der Waals surface area contributed by atoms with Crippen molar-refractivity contribution in [1.29, 1.82) is 5.53 Å². The average molecular weight is 453 g/mol. The van der Waals surface area contributed by atoms with E-state index < -0.39 is 28.7 Å². The van der Waals surface area contributed by atoms with Gasteiger partial charge in [-0.2, -0.15) is 18.3 Å². The van der Waals surface area contributed by atoms with Crippen LogP contribution in [0.3, 0.4) is 0 Å². The lowest BCUT2D eigenvalue weighted by atomic mass is 10.0. The summed E-state index contributed by atoms with van der Waals surface area (Å²) in [6, 6.07) is 4.38. The van der Waals surface area contributed by atoms with E-state index >= 15 is 0 Å². The summed E-state index contributed by atoms with van der Waals surface area (Å²) in [5, 5.41) is 5.98. The minimum absolute atomic E-state index is 0.193. The Morgan fingerprint density at radius 3 is 2.52 bits per heavy atom. The first kappa shape index (κ1) is 22.7. The Morgan fingerprint density at radius 2 is 1.94 bits per heavy atom. The second kappa shape index (κ2) is 8.62. The topological polar surface area (TPSA) is 94.3 Å². The summed E-state index contributed by atoms with van der Waals surface area (Å²) in [6.07, 6.45) is -4.38. The third kappa shape index (κ3) is 4.68. The SMILES string of the molecule is Cc1cc(C)nc(NC2=C(N=N)[C@H](C)N(C(=O)c3cccc(C(F)(F)F)c3Cl)CC2)n1. The molecule has 7 nitrogen and oxygen atoms in total. The van der Waals surface area contributed by atoms with E-state index in [2.05, 4.69) is 20.4 Å². The minimum atomic E-state index is -4.68. The first-order valence-corrected chi connectivity index (χ1v) is 9.77. The zero-order chi connectivity index (χ0) is 22.9. The molecule has 2 aromatic rings. The molecule has 0 saturated carbocycles. The molecule has 0 unspecified atom stereocenters. The fraction of sp³-hybridized carbons (Fsp3) is 0.350. The van der Waals surface area contributed by atoms with E-state index in [4.69, 9.17) is 17.1 Å². The molecule has 0 bridgehead atoms. The summed E-state index contributed by atoms with van der Waals surface area (Å²) >= 11 is 5.92. The summed E-state index contributed by atoms with van der Waals surface area (Å²) < 4.78 is 39.5. The highest BCUT2D eigenvalue weighted by molar-refractivity contribution is 6.34. The lowest BCUT2D eigenvalue weighted by molar-refractivity contribution is -0.137. The number of amides is 1. The van der Waals surface area contributed by atoms with Crippen LogP contribution in [0.1, 0.15) is 40.7 Å². The van der Waals surface area contributed by atoms with Crippen molar-refractivity contribution in [3.05, 3.63) is 63.2 Å². The van der Waals surface area contributed by atoms with Gasteiger partial charge in [0.2, 0.25) is 5.95 Å². The second-order valence-electron chi connectivity index (χ2n) is 7.16. The molecule has 2 heterocycles. The molecule has 31 heavy (non-hydrogen) atoms. The van der Waals surface area contributed by atoms with Gasteiger partial charge in [-0.25, -0.2) is 15.5 Å². The van der Waals surface area contributed by atoms with Crippen LogP contribution in [0.2, 0.25) is 5.02 Å². The van der Waals surface area contributed by atoms with Gasteiger partial charge in [0.05, 0.1) is 22.2 Å². The lowest BCUT2D eigenvalue weighted by Crippen LogP contribution is -2.44. The summed E-state index contributed by atoms with van der Waals surface area (Å²) in [5.41, 5.74) is 8.63. The molecule has 1 aromatic carbocycles. The number of aromatic nitrogens is 2. The van der Waals surface area contributed by atoms with Crippen LogP contribution in [0.15, 0.2) is 40.8 Å². The first-order valence-electron chi connectivity index (χ1n) is 9.39. The number of halogens is 4. The van der Waals surface area contributed by atoms with E-state index in [9.17, 15) is 18.0 Å². The molecule has 164 valence electrons. The Balaban J connectivity index is 1.91. The van der Waals surface area contributed by atoms with Gasteiger partial charge in [-0.1, -0.05) is 17.7 Å². The van der Waals surface area contributed by atoms with E-state index in [1.807, 2.05) is 19.9 Å². The van der Waals surface area contributed by atoms with Crippen molar-refractivity contribution in [1.82, 2.24) is 14.9 Å². The maximum atomic E-state index is 13.2. The number of rotatable bonds is 4. The van der Waals surface area contributed by atoms with Gasteiger partial charge >= 0.3 is 6.18 Å². The molecule has 2 N–H and O–H groups in total. The van der Waals surface area contributed by atoms with E-state index in [1.54, 1.807) is 6.92 Å². The second-order valence-corrected chi connectivity index (χ2v) is 7.54. The predicted molar refractivity (Wildman–Crippen MR) is 109 cm³/mol. The number of hydrogen-bond acceptors (Lipinski definition) is 6. The Bertz CT molecular complexity index is 1050. The van der Waals surface area contributed by atoms with Crippen molar-refractivity contribution in [2.45, 2.75) is 39.4 Å². The van der Waals surface area contributed by atoms with Crippen LogP contribution in [-0.4, -0.2) is 33.4 Å². The molecule has 0 radical (unpaired) electrons. The van der Waals surface area contributed by atoms with Gasteiger partial charge in [0, 0.05) is 30.1 Å². The summed E-state index contributed by atoms with van der Waals surface area (Å²) in [4.78, 5) is 23.0. The van der Waals surface area contributed by atoms with E-state index in [0.717, 1.165) is 23.5 Å². The molecule has 0 spiro atoms. The third-order valence-corrected chi connectivity index (χ3v) is 5.34. The monoisotopic (exact) mass is 452 g/mol. The van der Waals surface area contributed by atoms with E-state index in [-0.39, 0.29) is 17.8 Å². The fourth-order valence-corrected chi connectivity index (χ4v) is 3.82. The van der Waals surface area contributed by atoms with Crippen molar-refractivity contribution in [2.24, 2.45) is 5.11 Å². The van der Waals surface area contributed by atoms with Crippen molar-refractivity contribution in [3.8, 4) is 0 Å². The first-order chi connectivity index (χ1) is 14.5. The molecule has 1 aliphatic rings. The van der Waals surface area contributed by atoms with Gasteiger partial charge in [-0.3, -0.25) is 4.79 Å². The molecule has 1 amide bonds. The number of nitrogens with zero attached hydrogens (tertiary/aromatic N) is 4. The molecule has 0 saturated heterocycles. The van der Waals surface area contributed by atoms with E-state index in [1.165, 1.54) is 11.0 Å². The van der Waals surface area contributed by atoms with Gasteiger partial charge in [0.1, 0.15) is 5.70 Å². The smallest absolute Gasteiger partial charge is 0.330 e. The number of aryl methyl sites for hydroxylation is 2. The maximum Gasteiger partial charge on any atom is 0.417 e. The van der Waals surface area contributed by atoms with Crippen LogP contribution in [0.5, 0.6) is 0 Å². The number of hydrogen-bond donors (Lipinski definition) is 2. The fourth-order valence-electron chi connectivity index (χ4n) is 3.51. The Kier molecular flexibility index (Phi) is 6.30.